The molecule has 0 N–H and O–H groups in total. The van der Waals surface area contributed by atoms with E-state index in [-0.39, 0.29) is 23.2 Å². The van der Waals surface area contributed by atoms with E-state index in [1.165, 1.54) is 7.11 Å². The van der Waals surface area contributed by atoms with Crippen molar-refractivity contribution in [3.8, 4) is 0 Å². The van der Waals surface area contributed by atoms with Crippen molar-refractivity contribution in [1.82, 2.24) is 0 Å². The lowest BCUT2D eigenvalue weighted by atomic mass is 10.1. The summed E-state index contributed by atoms with van der Waals surface area (Å²) in [5.41, 5.74) is 0.0277. The van der Waals surface area contributed by atoms with E-state index in [2.05, 4.69) is 45.7 Å². The van der Waals surface area contributed by atoms with Crippen LogP contribution in [0.5, 0.6) is 0 Å². The monoisotopic (exact) mass is 310 g/mol. The van der Waals surface area contributed by atoms with E-state index in [0.717, 1.165) is 3.39 Å². The minimum atomic E-state index is -0.118. The molecule has 0 aliphatic heterocycles. The van der Waals surface area contributed by atoms with Gasteiger partial charge in [-0.1, -0.05) is 19.9 Å². The van der Waals surface area contributed by atoms with Crippen LogP contribution in [0.1, 0.15) is 13.8 Å². The molecule has 0 unspecified atom stereocenters. The number of carbonyl (C=O) groups is 1. The zero-order valence-electron chi connectivity index (χ0n) is 7.80. The Morgan fingerprint density at radius 3 is 2.38 bits per heavy atom. The Balaban J connectivity index is 2.72. The average molecular weight is 312 g/mol. The number of halogens is 2. The van der Waals surface area contributed by atoms with Gasteiger partial charge in [-0.15, -0.1) is 0 Å². The average Bonchev–Trinajstić information content (AvgIpc) is 2.51. The fourth-order valence-electron chi connectivity index (χ4n) is 1.70. The molecule has 1 aliphatic rings. The van der Waals surface area contributed by atoms with Gasteiger partial charge in [0, 0.05) is 0 Å². The van der Waals surface area contributed by atoms with E-state index >= 15 is 0 Å². The molecule has 4 heteroatoms. The van der Waals surface area contributed by atoms with Crippen LogP contribution in [0.15, 0.2) is 9.47 Å². The van der Waals surface area contributed by atoms with Crippen LogP contribution in [0, 0.1) is 17.3 Å². The van der Waals surface area contributed by atoms with E-state index in [9.17, 15) is 4.79 Å². The normalized spacial score (nSPS) is 29.3. The van der Waals surface area contributed by atoms with E-state index in [1.807, 2.05) is 6.08 Å². The summed E-state index contributed by atoms with van der Waals surface area (Å²) in [5, 5.41) is 0. The van der Waals surface area contributed by atoms with Gasteiger partial charge in [0.2, 0.25) is 0 Å². The smallest absolute Gasteiger partial charge is 0.309 e. The zero-order chi connectivity index (χ0) is 10.2. The van der Waals surface area contributed by atoms with Crippen molar-refractivity contribution in [1.29, 1.82) is 0 Å². The Kier molecular flexibility index (Phi) is 3.23. The molecule has 1 rings (SSSR count). The first kappa shape index (κ1) is 11.2. The third-order valence-corrected chi connectivity index (χ3v) is 3.20. The van der Waals surface area contributed by atoms with Crippen LogP contribution < -0.4 is 0 Å². The third kappa shape index (κ3) is 2.15. The number of methoxy groups -OCH3 is 1. The first-order valence-corrected chi connectivity index (χ1v) is 5.60. The van der Waals surface area contributed by atoms with Crippen LogP contribution in [-0.2, 0) is 9.53 Å². The van der Waals surface area contributed by atoms with Crippen molar-refractivity contribution < 1.29 is 9.53 Å². The van der Waals surface area contributed by atoms with Gasteiger partial charge in [0.25, 0.3) is 0 Å². The first-order chi connectivity index (χ1) is 5.91. The highest BCUT2D eigenvalue weighted by atomic mass is 79.9. The van der Waals surface area contributed by atoms with Gasteiger partial charge in [0.05, 0.1) is 16.4 Å². The van der Waals surface area contributed by atoms with E-state index < -0.39 is 0 Å². The minimum Gasteiger partial charge on any atom is -0.469 e. The molecule has 13 heavy (non-hydrogen) atoms. The maximum Gasteiger partial charge on any atom is 0.309 e. The minimum absolute atomic E-state index is 0.00241. The second kappa shape index (κ2) is 3.73. The van der Waals surface area contributed by atoms with Crippen molar-refractivity contribution in [2.45, 2.75) is 13.8 Å². The lowest BCUT2D eigenvalue weighted by molar-refractivity contribution is -0.143. The van der Waals surface area contributed by atoms with Crippen molar-refractivity contribution in [2.24, 2.45) is 17.3 Å². The number of esters is 1. The summed E-state index contributed by atoms with van der Waals surface area (Å²) in [6.07, 6.45) is 2.00. The molecule has 2 nitrogen and oxygen atoms in total. The lowest BCUT2D eigenvalue weighted by Gasteiger charge is -1.98. The highest BCUT2D eigenvalue weighted by molar-refractivity contribution is 9.28. The number of rotatable bonds is 2. The molecule has 1 fully saturated rings. The molecule has 0 aromatic rings. The molecule has 1 aliphatic carbocycles. The molecule has 74 valence electrons. The zero-order valence-corrected chi connectivity index (χ0v) is 11.0. The van der Waals surface area contributed by atoms with Gasteiger partial charge in [-0.25, -0.2) is 0 Å². The molecule has 0 aromatic heterocycles. The number of carbonyl (C=O) groups excluding carboxylic acids is 1. The Morgan fingerprint density at radius 1 is 1.46 bits per heavy atom. The quantitative estimate of drug-likeness (QED) is 0.733. The number of hydrogen-bond donors (Lipinski definition) is 0. The van der Waals surface area contributed by atoms with E-state index in [4.69, 9.17) is 4.74 Å². The molecule has 1 saturated carbocycles. The van der Waals surface area contributed by atoms with Crippen molar-refractivity contribution >= 4 is 37.8 Å². The molecule has 0 aromatic carbocycles. The molecule has 0 radical (unpaired) electrons. The number of hydrogen-bond acceptors (Lipinski definition) is 2. The summed E-state index contributed by atoms with van der Waals surface area (Å²) in [6, 6.07) is 0. The van der Waals surface area contributed by atoms with Gasteiger partial charge < -0.3 is 4.74 Å². The molecule has 0 saturated heterocycles. The van der Waals surface area contributed by atoms with Gasteiger partial charge in [-0.2, -0.15) is 0 Å². The Bertz CT molecular complexity index is 254. The summed E-state index contributed by atoms with van der Waals surface area (Å²) in [6.45, 7) is 4.14. The first-order valence-electron chi connectivity index (χ1n) is 4.02. The van der Waals surface area contributed by atoms with E-state index in [0.29, 0.717) is 0 Å². The van der Waals surface area contributed by atoms with Crippen molar-refractivity contribution in [3.63, 3.8) is 0 Å². The van der Waals surface area contributed by atoms with Crippen LogP contribution >= 0.6 is 31.9 Å². The summed E-state index contributed by atoms with van der Waals surface area (Å²) < 4.78 is 5.62. The summed E-state index contributed by atoms with van der Waals surface area (Å²) in [7, 11) is 1.43. The molecule has 0 amide bonds. The van der Waals surface area contributed by atoms with Gasteiger partial charge >= 0.3 is 5.97 Å². The maximum atomic E-state index is 11.3. The highest BCUT2D eigenvalue weighted by Gasteiger charge is 2.61. The molecule has 0 spiro atoms. The summed E-state index contributed by atoms with van der Waals surface area (Å²) in [4.78, 5) is 11.3. The third-order valence-electron chi connectivity index (χ3n) is 2.67. The Hall–Kier alpha value is 0.170. The SMILES string of the molecule is COC(=O)[C@H]1[C@@H](C=C(Br)Br)C1(C)C. The largest absolute Gasteiger partial charge is 0.469 e. The maximum absolute atomic E-state index is 11.3. The van der Waals surface area contributed by atoms with Gasteiger partial charge in [0.15, 0.2) is 0 Å². The fourth-order valence-corrected chi connectivity index (χ4v) is 2.27. The van der Waals surface area contributed by atoms with Crippen LogP contribution in [0.3, 0.4) is 0 Å². The topological polar surface area (TPSA) is 26.3 Å². The molecule has 2 atom stereocenters. The second-order valence-corrected chi connectivity index (χ2v) is 6.58. The molecule has 0 heterocycles. The van der Waals surface area contributed by atoms with Crippen molar-refractivity contribution in [2.75, 3.05) is 7.11 Å². The Morgan fingerprint density at radius 2 is 2.00 bits per heavy atom. The van der Waals surface area contributed by atoms with Gasteiger partial charge in [-0.05, 0) is 43.2 Å². The van der Waals surface area contributed by atoms with Gasteiger partial charge in [0.1, 0.15) is 0 Å². The van der Waals surface area contributed by atoms with Crippen molar-refractivity contribution in [3.05, 3.63) is 9.47 Å². The van der Waals surface area contributed by atoms with Crippen LogP contribution in [0.25, 0.3) is 0 Å². The molecule has 0 bridgehead atoms. The standard InChI is InChI=1S/C9H12Br2O2/c1-9(2)5(4-6(10)11)7(9)8(12)13-3/h4-5,7H,1-3H3/t5-,7-/m1/s1. The predicted octanol–water partition coefficient (Wildman–Crippen LogP) is 3.06. The van der Waals surface area contributed by atoms with Crippen LogP contribution in [0.4, 0.5) is 0 Å². The van der Waals surface area contributed by atoms with E-state index in [1.54, 1.807) is 0 Å². The van der Waals surface area contributed by atoms with Crippen LogP contribution in [-0.4, -0.2) is 13.1 Å². The number of ether oxygens (including phenoxy) is 1. The van der Waals surface area contributed by atoms with Crippen LogP contribution in [0.2, 0.25) is 0 Å². The molecular weight excluding hydrogens is 300 g/mol. The second-order valence-electron chi connectivity index (χ2n) is 3.80. The predicted molar refractivity (Wildman–Crippen MR) is 58.7 cm³/mol. The Labute approximate surface area is 95.0 Å². The lowest BCUT2D eigenvalue weighted by Crippen LogP contribution is -2.07. The highest BCUT2D eigenvalue weighted by Crippen LogP contribution is 2.60. The summed E-state index contributed by atoms with van der Waals surface area (Å²) >= 11 is 6.58. The summed E-state index contributed by atoms with van der Waals surface area (Å²) in [5.74, 6) is 0.156. The van der Waals surface area contributed by atoms with Gasteiger partial charge in [-0.3, -0.25) is 4.79 Å². The molecular formula is C9H12Br2O2. The number of allylic oxidation sites excluding steroid dienone is 1. The fraction of sp³-hybridized carbons (Fsp3) is 0.667.